The molecular formula is C8H7Cl2NO4. The highest BCUT2D eigenvalue weighted by molar-refractivity contribution is 6.44. The number of hydrogen-bond acceptors (Lipinski definition) is 4. The molecule has 0 unspecified atom stereocenters. The predicted octanol–water partition coefficient (Wildman–Crippen LogP) is 2.92. The number of nitro benzene ring substituents is 1. The van der Waals surface area contributed by atoms with Crippen molar-refractivity contribution in [3.05, 3.63) is 26.2 Å². The van der Waals surface area contributed by atoms with Gasteiger partial charge in [0.25, 0.3) is 0 Å². The van der Waals surface area contributed by atoms with Gasteiger partial charge in [-0.15, -0.1) is 0 Å². The number of halogens is 2. The topological polar surface area (TPSA) is 61.6 Å². The second-order valence-corrected chi connectivity index (χ2v) is 3.27. The molecule has 0 aromatic heterocycles. The third-order valence-electron chi connectivity index (χ3n) is 1.73. The lowest BCUT2D eigenvalue weighted by atomic mass is 10.2. The van der Waals surface area contributed by atoms with Crippen molar-refractivity contribution < 1.29 is 14.4 Å². The van der Waals surface area contributed by atoms with Crippen molar-refractivity contribution in [2.45, 2.75) is 0 Å². The summed E-state index contributed by atoms with van der Waals surface area (Å²) in [5.74, 6) is 0.0571. The maximum absolute atomic E-state index is 10.7. The highest BCUT2D eigenvalue weighted by Crippen LogP contribution is 2.44. The van der Waals surface area contributed by atoms with E-state index in [9.17, 15) is 10.1 Å². The average Bonchev–Trinajstić information content (AvgIpc) is 2.21. The third kappa shape index (κ3) is 2.08. The van der Waals surface area contributed by atoms with Gasteiger partial charge in [-0.1, -0.05) is 23.2 Å². The lowest BCUT2D eigenvalue weighted by molar-refractivity contribution is -0.385. The van der Waals surface area contributed by atoms with Crippen molar-refractivity contribution in [1.82, 2.24) is 0 Å². The molecule has 1 aromatic rings. The van der Waals surface area contributed by atoms with Gasteiger partial charge in [-0.2, -0.15) is 0 Å². The summed E-state index contributed by atoms with van der Waals surface area (Å²) in [6.07, 6.45) is 0. The van der Waals surface area contributed by atoms with Gasteiger partial charge in [-0.05, 0) is 0 Å². The van der Waals surface area contributed by atoms with Gasteiger partial charge in [0, 0.05) is 0 Å². The normalized spacial score (nSPS) is 9.87. The Labute approximate surface area is 95.6 Å². The molecule has 0 aliphatic carbocycles. The Kier molecular flexibility index (Phi) is 3.60. The Bertz CT molecular complexity index is 408. The number of hydrogen-bond donors (Lipinski definition) is 0. The van der Waals surface area contributed by atoms with E-state index in [1.54, 1.807) is 0 Å². The average molecular weight is 252 g/mol. The monoisotopic (exact) mass is 251 g/mol. The van der Waals surface area contributed by atoms with Gasteiger partial charge in [0.15, 0.2) is 0 Å². The molecule has 0 saturated heterocycles. The minimum Gasteiger partial charge on any atom is -0.495 e. The molecule has 5 nitrogen and oxygen atoms in total. The van der Waals surface area contributed by atoms with E-state index >= 15 is 0 Å². The number of ether oxygens (including phenoxy) is 2. The third-order valence-corrected chi connectivity index (χ3v) is 2.56. The van der Waals surface area contributed by atoms with Crippen LogP contribution < -0.4 is 9.47 Å². The van der Waals surface area contributed by atoms with Crippen LogP contribution in [0, 0.1) is 10.1 Å². The molecule has 0 heterocycles. The molecule has 0 N–H and O–H groups in total. The van der Waals surface area contributed by atoms with Crippen molar-refractivity contribution in [3.8, 4) is 11.5 Å². The van der Waals surface area contributed by atoms with Crippen molar-refractivity contribution in [2.75, 3.05) is 14.2 Å². The van der Waals surface area contributed by atoms with Gasteiger partial charge in [0.2, 0.25) is 5.75 Å². The summed E-state index contributed by atoms with van der Waals surface area (Å²) in [5, 5.41) is 10.7. The smallest absolute Gasteiger partial charge is 0.316 e. The minimum absolute atomic E-state index is 0.0368. The van der Waals surface area contributed by atoms with E-state index in [4.69, 9.17) is 32.7 Å². The van der Waals surface area contributed by atoms with Crippen molar-refractivity contribution in [2.24, 2.45) is 0 Å². The number of nitrogens with zero attached hydrogens (tertiary/aromatic N) is 1. The molecule has 0 bridgehead atoms. The summed E-state index contributed by atoms with van der Waals surface area (Å²) in [6, 6.07) is 1.16. The van der Waals surface area contributed by atoms with E-state index in [2.05, 4.69) is 0 Å². The van der Waals surface area contributed by atoms with Crippen LogP contribution in [0.1, 0.15) is 0 Å². The van der Waals surface area contributed by atoms with Gasteiger partial charge >= 0.3 is 5.69 Å². The van der Waals surface area contributed by atoms with Crippen molar-refractivity contribution in [1.29, 1.82) is 0 Å². The number of rotatable bonds is 3. The number of benzene rings is 1. The van der Waals surface area contributed by atoms with Gasteiger partial charge in [0.1, 0.15) is 15.8 Å². The second kappa shape index (κ2) is 4.55. The Hall–Kier alpha value is -1.20. The first-order chi connectivity index (χ1) is 7.02. The number of methoxy groups -OCH3 is 2. The maximum Gasteiger partial charge on any atom is 0.316 e. The quantitative estimate of drug-likeness (QED) is 0.612. The summed E-state index contributed by atoms with van der Waals surface area (Å²) in [7, 11) is 2.62. The largest absolute Gasteiger partial charge is 0.495 e. The fourth-order valence-electron chi connectivity index (χ4n) is 1.05. The minimum atomic E-state index is -0.621. The molecule has 7 heteroatoms. The SMILES string of the molecule is COc1cc([N+](=O)[O-])c(OC)c(Cl)c1Cl. The van der Waals surface area contributed by atoms with Crippen LogP contribution in [0.3, 0.4) is 0 Å². The molecular weight excluding hydrogens is 245 g/mol. The zero-order chi connectivity index (χ0) is 11.6. The first kappa shape index (κ1) is 11.9. The summed E-state index contributed by atoms with van der Waals surface area (Å²) < 4.78 is 9.64. The molecule has 1 aromatic carbocycles. The predicted molar refractivity (Wildman–Crippen MR) is 56.2 cm³/mol. The molecule has 0 aliphatic rings. The van der Waals surface area contributed by atoms with E-state index in [0.717, 1.165) is 6.07 Å². The first-order valence-electron chi connectivity index (χ1n) is 3.77. The fraction of sp³-hybridized carbons (Fsp3) is 0.250. The van der Waals surface area contributed by atoms with Crippen LogP contribution in [-0.2, 0) is 0 Å². The Balaban J connectivity index is 3.51. The highest BCUT2D eigenvalue weighted by Gasteiger charge is 2.24. The fourth-order valence-corrected chi connectivity index (χ4v) is 1.54. The zero-order valence-electron chi connectivity index (χ0n) is 7.91. The molecule has 0 spiro atoms. The Morgan fingerprint density at radius 3 is 2.27 bits per heavy atom. The van der Waals surface area contributed by atoms with Crippen molar-refractivity contribution >= 4 is 28.9 Å². The summed E-state index contributed by atoms with van der Waals surface area (Å²) in [5.41, 5.74) is -0.288. The van der Waals surface area contributed by atoms with Gasteiger partial charge < -0.3 is 9.47 Å². The number of nitro groups is 1. The van der Waals surface area contributed by atoms with E-state index in [1.807, 2.05) is 0 Å². The Morgan fingerprint density at radius 1 is 1.27 bits per heavy atom. The molecule has 0 aliphatic heterocycles. The molecule has 0 amide bonds. The van der Waals surface area contributed by atoms with Crippen LogP contribution in [0.5, 0.6) is 11.5 Å². The van der Waals surface area contributed by atoms with E-state index in [-0.39, 0.29) is 27.2 Å². The first-order valence-corrected chi connectivity index (χ1v) is 4.52. The molecule has 0 atom stereocenters. The lowest BCUT2D eigenvalue weighted by Crippen LogP contribution is -1.96. The lowest BCUT2D eigenvalue weighted by Gasteiger charge is -2.09. The van der Waals surface area contributed by atoms with E-state index in [1.165, 1.54) is 14.2 Å². The highest BCUT2D eigenvalue weighted by atomic mass is 35.5. The molecule has 0 fully saturated rings. The second-order valence-electron chi connectivity index (χ2n) is 2.52. The van der Waals surface area contributed by atoms with Gasteiger partial charge in [0.05, 0.1) is 25.2 Å². The van der Waals surface area contributed by atoms with E-state index < -0.39 is 4.92 Å². The molecule has 0 saturated carbocycles. The van der Waals surface area contributed by atoms with Crippen LogP contribution in [0.15, 0.2) is 6.07 Å². The zero-order valence-corrected chi connectivity index (χ0v) is 9.43. The van der Waals surface area contributed by atoms with Crippen molar-refractivity contribution in [3.63, 3.8) is 0 Å². The molecule has 15 heavy (non-hydrogen) atoms. The van der Waals surface area contributed by atoms with Crippen LogP contribution >= 0.6 is 23.2 Å². The van der Waals surface area contributed by atoms with E-state index in [0.29, 0.717) is 0 Å². The molecule has 82 valence electrons. The van der Waals surface area contributed by atoms with Crippen LogP contribution in [0.2, 0.25) is 10.0 Å². The standard InChI is InChI=1S/C8H7Cl2NO4/c1-14-5-3-4(11(12)13)8(15-2)7(10)6(5)9/h3H,1-2H3. The van der Waals surface area contributed by atoms with Crippen LogP contribution in [0.4, 0.5) is 5.69 Å². The summed E-state index contributed by atoms with van der Waals surface area (Å²) in [6.45, 7) is 0. The summed E-state index contributed by atoms with van der Waals surface area (Å²) >= 11 is 11.6. The molecule has 0 radical (unpaired) electrons. The van der Waals surface area contributed by atoms with Gasteiger partial charge in [-0.3, -0.25) is 10.1 Å². The summed E-state index contributed by atoms with van der Waals surface area (Å²) in [4.78, 5) is 10.1. The van der Waals surface area contributed by atoms with Gasteiger partial charge in [-0.25, -0.2) is 0 Å². The maximum atomic E-state index is 10.7. The molecule has 1 rings (SSSR count). The van der Waals surface area contributed by atoms with Crippen LogP contribution in [-0.4, -0.2) is 19.1 Å². The van der Waals surface area contributed by atoms with Crippen LogP contribution in [0.25, 0.3) is 0 Å². The Morgan fingerprint density at radius 2 is 1.87 bits per heavy atom.